The number of hydrogen-bond donors (Lipinski definition) is 1. The van der Waals surface area contributed by atoms with Crippen molar-refractivity contribution >= 4 is 17.2 Å². The third-order valence-electron chi connectivity index (χ3n) is 2.59. The van der Waals surface area contributed by atoms with Crippen molar-refractivity contribution in [2.45, 2.75) is 26.3 Å². The van der Waals surface area contributed by atoms with Gasteiger partial charge in [-0.3, -0.25) is 4.79 Å². The zero-order valence-electron chi connectivity index (χ0n) is 12.0. The summed E-state index contributed by atoms with van der Waals surface area (Å²) in [6.07, 6.45) is 1.38. The molecule has 0 atom stereocenters. The third kappa shape index (κ3) is 6.20. The van der Waals surface area contributed by atoms with E-state index in [4.69, 9.17) is 9.84 Å². The highest BCUT2D eigenvalue weighted by Crippen LogP contribution is 2.16. The van der Waals surface area contributed by atoms with E-state index in [0.29, 0.717) is 26.2 Å². The summed E-state index contributed by atoms with van der Waals surface area (Å²) in [5.41, 5.74) is 0.881. The molecule has 0 aromatic carbocycles. The molecule has 1 amide bonds. The van der Waals surface area contributed by atoms with Gasteiger partial charge in [-0.15, -0.1) is 11.3 Å². The highest BCUT2D eigenvalue weighted by atomic mass is 32.1. The minimum Gasteiger partial charge on any atom is -0.384 e. The van der Waals surface area contributed by atoms with Gasteiger partial charge >= 0.3 is 0 Å². The van der Waals surface area contributed by atoms with E-state index < -0.39 is 0 Å². The summed E-state index contributed by atoms with van der Waals surface area (Å²) >= 11 is 1.57. The standard InChI is InChI=1S/C15H21NO3S/c1-3-8-19-9-6-15(18)16(2)11-14-10-13(12-20-14)5-4-7-17/h10,12,17H,3,6-9,11H2,1-2H3. The summed E-state index contributed by atoms with van der Waals surface area (Å²) in [4.78, 5) is 14.7. The normalized spacial score (nSPS) is 9.95. The number of rotatable bonds is 7. The van der Waals surface area contributed by atoms with Gasteiger partial charge in [-0.1, -0.05) is 18.8 Å². The first kappa shape index (κ1) is 16.7. The van der Waals surface area contributed by atoms with Crippen LogP contribution in [0.5, 0.6) is 0 Å². The number of thiophene rings is 1. The van der Waals surface area contributed by atoms with Gasteiger partial charge in [0, 0.05) is 29.5 Å². The van der Waals surface area contributed by atoms with Gasteiger partial charge in [0.05, 0.1) is 19.6 Å². The molecule has 0 radical (unpaired) electrons. The second-order valence-corrected chi connectivity index (χ2v) is 5.37. The number of aliphatic hydroxyl groups is 1. The van der Waals surface area contributed by atoms with Crippen LogP contribution in [0, 0.1) is 11.8 Å². The summed E-state index contributed by atoms with van der Waals surface area (Å²) in [6.45, 7) is 3.67. The van der Waals surface area contributed by atoms with Gasteiger partial charge in [0.25, 0.3) is 0 Å². The molecule has 0 aliphatic heterocycles. The van der Waals surface area contributed by atoms with E-state index in [9.17, 15) is 4.79 Å². The SMILES string of the molecule is CCCOCCC(=O)N(C)Cc1cc(C#CCO)cs1. The first-order chi connectivity index (χ1) is 9.67. The highest BCUT2D eigenvalue weighted by Gasteiger charge is 2.10. The maximum absolute atomic E-state index is 11.9. The molecule has 0 fully saturated rings. The van der Waals surface area contributed by atoms with Crippen LogP contribution in [0.1, 0.15) is 30.2 Å². The second-order valence-electron chi connectivity index (χ2n) is 4.37. The third-order valence-corrected chi connectivity index (χ3v) is 3.51. The number of amides is 1. The second kappa shape index (κ2) is 9.54. The van der Waals surface area contributed by atoms with E-state index in [2.05, 4.69) is 11.8 Å². The number of ether oxygens (including phenoxy) is 1. The number of aliphatic hydroxyl groups excluding tert-OH is 1. The Kier molecular flexibility index (Phi) is 7.97. The van der Waals surface area contributed by atoms with Crippen molar-refractivity contribution in [2.24, 2.45) is 0 Å². The van der Waals surface area contributed by atoms with E-state index in [1.165, 1.54) is 0 Å². The highest BCUT2D eigenvalue weighted by molar-refractivity contribution is 7.10. The lowest BCUT2D eigenvalue weighted by molar-refractivity contribution is -0.131. The Morgan fingerprint density at radius 2 is 2.30 bits per heavy atom. The molecule has 1 rings (SSSR count). The van der Waals surface area contributed by atoms with Crippen molar-refractivity contribution in [3.05, 3.63) is 21.9 Å². The Bertz CT molecular complexity index is 473. The summed E-state index contributed by atoms with van der Waals surface area (Å²) in [6, 6.07) is 1.95. The molecule has 0 bridgehead atoms. The van der Waals surface area contributed by atoms with Crippen LogP contribution < -0.4 is 0 Å². The average molecular weight is 295 g/mol. The Hall–Kier alpha value is -1.35. The van der Waals surface area contributed by atoms with E-state index in [-0.39, 0.29) is 12.5 Å². The summed E-state index contributed by atoms with van der Waals surface area (Å²) in [5.74, 6) is 5.54. The quantitative estimate of drug-likeness (QED) is 0.617. The van der Waals surface area contributed by atoms with E-state index in [1.807, 2.05) is 18.4 Å². The molecule has 1 aromatic heterocycles. The van der Waals surface area contributed by atoms with Crippen molar-refractivity contribution in [1.82, 2.24) is 4.90 Å². The molecular weight excluding hydrogens is 274 g/mol. The minimum atomic E-state index is -0.138. The largest absolute Gasteiger partial charge is 0.384 e. The van der Waals surface area contributed by atoms with E-state index in [0.717, 1.165) is 16.9 Å². The van der Waals surface area contributed by atoms with Gasteiger partial charge in [0.1, 0.15) is 6.61 Å². The van der Waals surface area contributed by atoms with Gasteiger partial charge in [-0.05, 0) is 12.5 Å². The molecule has 1 N–H and O–H groups in total. The van der Waals surface area contributed by atoms with E-state index in [1.54, 1.807) is 23.3 Å². The zero-order chi connectivity index (χ0) is 14.8. The lowest BCUT2D eigenvalue weighted by Gasteiger charge is -2.16. The topological polar surface area (TPSA) is 49.8 Å². The molecule has 1 heterocycles. The van der Waals surface area contributed by atoms with Crippen molar-refractivity contribution < 1.29 is 14.6 Å². The van der Waals surface area contributed by atoms with Crippen LogP contribution in [0.2, 0.25) is 0 Å². The first-order valence-corrected chi connectivity index (χ1v) is 7.54. The number of nitrogens with zero attached hydrogens (tertiary/aromatic N) is 1. The lowest BCUT2D eigenvalue weighted by Crippen LogP contribution is -2.26. The molecule has 0 saturated heterocycles. The van der Waals surface area contributed by atoms with Gasteiger partial charge in [0.15, 0.2) is 0 Å². The van der Waals surface area contributed by atoms with Crippen LogP contribution in [0.25, 0.3) is 0 Å². The molecule has 5 heteroatoms. The van der Waals surface area contributed by atoms with Gasteiger partial charge < -0.3 is 14.7 Å². The predicted octanol–water partition coefficient (Wildman–Crippen LogP) is 1.87. The summed E-state index contributed by atoms with van der Waals surface area (Å²) < 4.78 is 5.32. The summed E-state index contributed by atoms with van der Waals surface area (Å²) in [7, 11) is 1.79. The monoisotopic (exact) mass is 295 g/mol. The maximum atomic E-state index is 11.9. The maximum Gasteiger partial charge on any atom is 0.224 e. The van der Waals surface area contributed by atoms with Crippen molar-refractivity contribution in [3.8, 4) is 11.8 Å². The van der Waals surface area contributed by atoms with Gasteiger partial charge in [-0.25, -0.2) is 0 Å². The van der Waals surface area contributed by atoms with Crippen LogP contribution in [0.3, 0.4) is 0 Å². The van der Waals surface area contributed by atoms with Gasteiger partial charge in [0.2, 0.25) is 5.91 Å². The molecular formula is C15H21NO3S. The average Bonchev–Trinajstić information content (AvgIpc) is 2.88. The zero-order valence-corrected chi connectivity index (χ0v) is 12.8. The number of carbonyl (C=O) groups excluding carboxylic acids is 1. The molecule has 4 nitrogen and oxygen atoms in total. The number of hydrogen-bond acceptors (Lipinski definition) is 4. The molecule has 1 aromatic rings. The Labute approximate surface area is 124 Å². The van der Waals surface area contributed by atoms with Crippen LogP contribution in [0.4, 0.5) is 0 Å². The first-order valence-electron chi connectivity index (χ1n) is 6.66. The Morgan fingerprint density at radius 3 is 3.00 bits per heavy atom. The molecule has 0 aliphatic rings. The van der Waals surface area contributed by atoms with Crippen LogP contribution in [-0.4, -0.2) is 42.8 Å². The van der Waals surface area contributed by atoms with Crippen LogP contribution >= 0.6 is 11.3 Å². The minimum absolute atomic E-state index is 0.0810. The molecule has 110 valence electrons. The van der Waals surface area contributed by atoms with Crippen LogP contribution in [0.15, 0.2) is 11.4 Å². The van der Waals surface area contributed by atoms with E-state index >= 15 is 0 Å². The van der Waals surface area contributed by atoms with Crippen molar-refractivity contribution in [1.29, 1.82) is 0 Å². The Morgan fingerprint density at radius 1 is 1.50 bits per heavy atom. The van der Waals surface area contributed by atoms with Gasteiger partial charge in [-0.2, -0.15) is 0 Å². The van der Waals surface area contributed by atoms with Crippen LogP contribution in [-0.2, 0) is 16.1 Å². The Balaban J connectivity index is 2.39. The lowest BCUT2D eigenvalue weighted by atomic mass is 10.3. The molecule has 0 saturated carbocycles. The molecule has 0 unspecified atom stereocenters. The predicted molar refractivity (Wildman–Crippen MR) is 80.5 cm³/mol. The van der Waals surface area contributed by atoms with Crippen molar-refractivity contribution in [3.63, 3.8) is 0 Å². The fourth-order valence-electron chi connectivity index (χ4n) is 1.59. The molecule has 20 heavy (non-hydrogen) atoms. The molecule has 0 aliphatic carbocycles. The smallest absolute Gasteiger partial charge is 0.224 e. The fraction of sp³-hybridized carbons (Fsp3) is 0.533. The molecule has 0 spiro atoms. The number of carbonyl (C=O) groups is 1. The fourth-order valence-corrected chi connectivity index (χ4v) is 2.46. The summed E-state index contributed by atoms with van der Waals surface area (Å²) in [5, 5.41) is 10.6. The van der Waals surface area contributed by atoms with Crippen molar-refractivity contribution in [2.75, 3.05) is 26.9 Å².